The molecule has 19 heavy (non-hydrogen) atoms. The fourth-order valence-corrected chi connectivity index (χ4v) is 2.33. The van der Waals surface area contributed by atoms with E-state index in [0.29, 0.717) is 30.5 Å². The molecule has 0 atom stereocenters. The van der Waals surface area contributed by atoms with Gasteiger partial charge in [0.1, 0.15) is 17.6 Å². The second kappa shape index (κ2) is 4.56. The molecule has 2 N–H and O–H groups in total. The third-order valence-electron chi connectivity index (χ3n) is 3.48. The van der Waals surface area contributed by atoms with Gasteiger partial charge >= 0.3 is 0 Å². The number of nitrogen functional groups attached to an aromatic ring is 1. The molecular weight excluding hydrogens is 246 g/mol. The molecule has 7 heteroatoms. The molecule has 104 valence electrons. The molecule has 1 aromatic rings. The summed E-state index contributed by atoms with van der Waals surface area (Å²) in [5.74, 6) is 0.904. The summed E-state index contributed by atoms with van der Waals surface area (Å²) in [7, 11) is 3.30. The van der Waals surface area contributed by atoms with Gasteiger partial charge in [-0.25, -0.2) is 4.98 Å². The van der Waals surface area contributed by atoms with Gasteiger partial charge in [-0.15, -0.1) is 0 Å². The summed E-state index contributed by atoms with van der Waals surface area (Å²) >= 11 is 0. The number of amides is 1. The zero-order valence-corrected chi connectivity index (χ0v) is 11.7. The van der Waals surface area contributed by atoms with Gasteiger partial charge in [-0.1, -0.05) is 0 Å². The third kappa shape index (κ3) is 2.05. The number of hydrogen-bond acceptors (Lipinski definition) is 6. The highest BCUT2D eigenvalue weighted by Gasteiger charge is 2.42. The zero-order chi connectivity index (χ0) is 14.2. The summed E-state index contributed by atoms with van der Waals surface area (Å²) in [6.07, 6.45) is 1.39. The van der Waals surface area contributed by atoms with E-state index < -0.39 is 5.54 Å². The van der Waals surface area contributed by atoms with Gasteiger partial charge in [-0.2, -0.15) is 4.98 Å². The maximum absolute atomic E-state index is 12.3. The monoisotopic (exact) mass is 265 g/mol. The van der Waals surface area contributed by atoms with Crippen molar-refractivity contribution in [3.05, 3.63) is 6.33 Å². The summed E-state index contributed by atoms with van der Waals surface area (Å²) in [5, 5.41) is 0. The number of likely N-dealkylation sites (N-methyl/N-ethyl adjacent to an activating group) is 1. The van der Waals surface area contributed by atoms with Crippen molar-refractivity contribution in [2.45, 2.75) is 19.4 Å². The number of anilines is 2. The Bertz CT molecular complexity index is 503. The van der Waals surface area contributed by atoms with E-state index in [2.05, 4.69) is 9.97 Å². The fourth-order valence-electron chi connectivity index (χ4n) is 2.33. The van der Waals surface area contributed by atoms with Crippen molar-refractivity contribution in [3.63, 3.8) is 0 Å². The molecule has 0 radical (unpaired) electrons. The number of piperazine rings is 1. The van der Waals surface area contributed by atoms with Crippen molar-refractivity contribution in [2.24, 2.45) is 0 Å². The van der Waals surface area contributed by atoms with Crippen LogP contribution in [0.25, 0.3) is 0 Å². The Morgan fingerprint density at radius 2 is 2.05 bits per heavy atom. The van der Waals surface area contributed by atoms with Crippen LogP contribution in [0.1, 0.15) is 13.8 Å². The van der Waals surface area contributed by atoms with Crippen molar-refractivity contribution in [3.8, 4) is 5.88 Å². The number of rotatable bonds is 2. The average molecular weight is 265 g/mol. The van der Waals surface area contributed by atoms with Crippen molar-refractivity contribution in [1.82, 2.24) is 14.9 Å². The number of methoxy groups -OCH3 is 1. The van der Waals surface area contributed by atoms with Crippen LogP contribution in [0.2, 0.25) is 0 Å². The molecule has 0 saturated carbocycles. The lowest BCUT2D eigenvalue weighted by atomic mass is 9.97. The molecule has 1 amide bonds. The second-order valence-corrected chi connectivity index (χ2v) is 5.06. The highest BCUT2D eigenvalue weighted by molar-refractivity contribution is 5.91. The summed E-state index contributed by atoms with van der Waals surface area (Å²) in [6, 6.07) is 0. The molecule has 1 aliphatic heterocycles. The number of carbonyl (C=O) groups excluding carboxylic acids is 1. The minimum absolute atomic E-state index is 0.0377. The van der Waals surface area contributed by atoms with Gasteiger partial charge in [0.25, 0.3) is 0 Å². The lowest BCUT2D eigenvalue weighted by molar-refractivity contribution is -0.136. The molecule has 1 fully saturated rings. The van der Waals surface area contributed by atoms with Crippen LogP contribution < -0.4 is 15.4 Å². The molecule has 1 aromatic heterocycles. The van der Waals surface area contributed by atoms with E-state index >= 15 is 0 Å². The molecule has 1 aliphatic rings. The molecule has 0 unspecified atom stereocenters. The largest absolute Gasteiger partial charge is 0.479 e. The Labute approximate surface area is 112 Å². The lowest BCUT2D eigenvalue weighted by Gasteiger charge is -2.45. The molecule has 2 heterocycles. The highest BCUT2D eigenvalue weighted by atomic mass is 16.5. The van der Waals surface area contributed by atoms with E-state index in [1.807, 2.05) is 18.7 Å². The normalized spacial score (nSPS) is 18.6. The van der Waals surface area contributed by atoms with Gasteiger partial charge in [0.15, 0.2) is 5.82 Å². The topological polar surface area (TPSA) is 84.6 Å². The number of hydrogen-bond donors (Lipinski definition) is 1. The summed E-state index contributed by atoms with van der Waals surface area (Å²) in [5.41, 5.74) is 5.67. The maximum atomic E-state index is 12.3. The van der Waals surface area contributed by atoms with E-state index in [1.165, 1.54) is 13.4 Å². The van der Waals surface area contributed by atoms with Crippen LogP contribution in [0, 0.1) is 0 Å². The molecular formula is C12H19N5O2. The molecule has 0 aliphatic carbocycles. The van der Waals surface area contributed by atoms with Crippen LogP contribution in [0.5, 0.6) is 5.88 Å². The average Bonchev–Trinajstić information content (AvgIpc) is 2.37. The first kappa shape index (κ1) is 13.4. The van der Waals surface area contributed by atoms with Crippen LogP contribution in [0.3, 0.4) is 0 Å². The lowest BCUT2D eigenvalue weighted by Crippen LogP contribution is -2.62. The fraction of sp³-hybridized carbons (Fsp3) is 0.583. The number of nitrogens with zero attached hydrogens (tertiary/aromatic N) is 4. The molecule has 0 aromatic carbocycles. The SMILES string of the molecule is COc1ncnc(N2CCN(C)C(=O)C2(C)C)c1N. The first-order valence-electron chi connectivity index (χ1n) is 6.07. The number of aromatic nitrogens is 2. The van der Waals surface area contributed by atoms with Gasteiger partial charge in [0.05, 0.1) is 7.11 Å². The highest BCUT2D eigenvalue weighted by Crippen LogP contribution is 2.34. The van der Waals surface area contributed by atoms with Crippen molar-refractivity contribution in [2.75, 3.05) is 37.9 Å². The van der Waals surface area contributed by atoms with Gasteiger partial charge in [-0.3, -0.25) is 4.79 Å². The Balaban J connectivity index is 2.44. The Hall–Kier alpha value is -2.05. The van der Waals surface area contributed by atoms with Gasteiger partial charge in [0, 0.05) is 20.1 Å². The van der Waals surface area contributed by atoms with Crippen LogP contribution in [-0.2, 0) is 4.79 Å². The van der Waals surface area contributed by atoms with Crippen molar-refractivity contribution >= 4 is 17.4 Å². The van der Waals surface area contributed by atoms with E-state index in [0.717, 1.165) is 0 Å². The van der Waals surface area contributed by atoms with E-state index in [9.17, 15) is 4.79 Å². The summed E-state index contributed by atoms with van der Waals surface area (Å²) in [6.45, 7) is 5.02. The van der Waals surface area contributed by atoms with Crippen LogP contribution in [0.15, 0.2) is 6.33 Å². The molecule has 2 rings (SSSR count). The van der Waals surface area contributed by atoms with Crippen LogP contribution in [-0.4, -0.2) is 53.6 Å². The predicted molar refractivity (Wildman–Crippen MR) is 72.1 cm³/mol. The molecule has 0 bridgehead atoms. The third-order valence-corrected chi connectivity index (χ3v) is 3.48. The quantitative estimate of drug-likeness (QED) is 0.818. The first-order valence-corrected chi connectivity index (χ1v) is 6.07. The predicted octanol–water partition coefficient (Wildman–Crippen LogP) is 0.124. The van der Waals surface area contributed by atoms with E-state index in [1.54, 1.807) is 11.9 Å². The molecule has 7 nitrogen and oxygen atoms in total. The summed E-state index contributed by atoms with van der Waals surface area (Å²) < 4.78 is 5.09. The van der Waals surface area contributed by atoms with Gasteiger partial charge < -0.3 is 20.3 Å². The Kier molecular flexibility index (Phi) is 3.21. The Morgan fingerprint density at radius 3 is 2.68 bits per heavy atom. The minimum atomic E-state index is -0.694. The standard InChI is InChI=1S/C12H19N5O2/c1-12(2)11(18)16(3)5-6-17(12)9-8(13)10(19-4)15-7-14-9/h7H,5-6,13H2,1-4H3. The minimum Gasteiger partial charge on any atom is -0.479 e. The van der Waals surface area contributed by atoms with Crippen molar-refractivity contribution in [1.29, 1.82) is 0 Å². The van der Waals surface area contributed by atoms with E-state index in [4.69, 9.17) is 10.5 Å². The maximum Gasteiger partial charge on any atom is 0.247 e. The van der Waals surface area contributed by atoms with Gasteiger partial charge in [-0.05, 0) is 13.8 Å². The van der Waals surface area contributed by atoms with Crippen molar-refractivity contribution < 1.29 is 9.53 Å². The van der Waals surface area contributed by atoms with Crippen LogP contribution in [0.4, 0.5) is 11.5 Å². The number of nitrogens with two attached hydrogens (primary N) is 1. The second-order valence-electron chi connectivity index (χ2n) is 5.06. The smallest absolute Gasteiger partial charge is 0.247 e. The van der Waals surface area contributed by atoms with Gasteiger partial charge in [0.2, 0.25) is 11.8 Å². The molecule has 1 saturated heterocycles. The number of ether oxygens (including phenoxy) is 1. The van der Waals surface area contributed by atoms with E-state index in [-0.39, 0.29) is 5.91 Å². The number of carbonyl (C=O) groups is 1. The first-order chi connectivity index (χ1) is 8.89. The molecule has 0 spiro atoms. The zero-order valence-electron chi connectivity index (χ0n) is 11.7. The van der Waals surface area contributed by atoms with Crippen LogP contribution >= 0.6 is 0 Å². The Morgan fingerprint density at radius 1 is 1.37 bits per heavy atom. The summed E-state index contributed by atoms with van der Waals surface area (Å²) in [4.78, 5) is 24.0.